The predicted octanol–water partition coefficient (Wildman–Crippen LogP) is 0.720. The van der Waals surface area contributed by atoms with Crippen LogP contribution in [-0.2, 0) is 25.7 Å². The average Bonchev–Trinajstić information content (AvgIpc) is 3.14. The molecule has 0 saturated carbocycles. The van der Waals surface area contributed by atoms with E-state index >= 15 is 13.2 Å². The van der Waals surface area contributed by atoms with E-state index in [0.29, 0.717) is 13.1 Å². The highest BCUT2D eigenvalue weighted by molar-refractivity contribution is 6.27. The first-order valence-electron chi connectivity index (χ1n) is 10.4. The second kappa shape index (κ2) is 8.28. The summed E-state index contributed by atoms with van der Waals surface area (Å²) in [7, 11) is 0. The normalized spacial score (nSPS) is 28.5. The molecule has 3 aliphatic heterocycles. The number of aldehydes is 1. The fourth-order valence-electron chi connectivity index (χ4n) is 5.05. The first-order chi connectivity index (χ1) is 15.2. The third-order valence-electron chi connectivity index (χ3n) is 6.46. The minimum absolute atomic E-state index is 0.00569. The number of ketones is 1. The van der Waals surface area contributed by atoms with E-state index in [4.69, 9.17) is 0 Å². The molecule has 2 saturated heterocycles. The number of carbonyl (C=O) groups is 4. The van der Waals surface area contributed by atoms with Crippen LogP contribution >= 0.6 is 0 Å². The third-order valence-corrected chi connectivity index (χ3v) is 6.46. The van der Waals surface area contributed by atoms with Crippen molar-refractivity contribution in [2.75, 3.05) is 18.0 Å². The Balaban J connectivity index is 1.86. The van der Waals surface area contributed by atoms with Crippen molar-refractivity contribution in [2.45, 2.75) is 57.4 Å². The molecule has 0 spiro atoms. The van der Waals surface area contributed by atoms with Crippen LogP contribution in [0.5, 0.6) is 0 Å². The van der Waals surface area contributed by atoms with Crippen LogP contribution in [0, 0.1) is 17.5 Å². The minimum Gasteiger partial charge on any atom is -0.359 e. The summed E-state index contributed by atoms with van der Waals surface area (Å²) in [4.78, 5) is 50.4. The largest absolute Gasteiger partial charge is 0.359 e. The number of halogens is 3. The number of carbonyl (C=O) groups excluding carboxylic acids is 4. The van der Waals surface area contributed by atoms with Gasteiger partial charge in [0.25, 0.3) is 0 Å². The lowest BCUT2D eigenvalue weighted by atomic mass is 9.96. The molecule has 3 aliphatic rings. The quantitative estimate of drug-likeness (QED) is 0.301. The van der Waals surface area contributed by atoms with Crippen LogP contribution in [0.3, 0.4) is 0 Å². The van der Waals surface area contributed by atoms with Gasteiger partial charge in [0.15, 0.2) is 23.7 Å². The predicted molar refractivity (Wildman–Crippen MR) is 106 cm³/mol. The third kappa shape index (κ3) is 3.39. The molecule has 4 rings (SSSR count). The minimum atomic E-state index is -1.59. The molecule has 2 N–H and O–H groups in total. The lowest BCUT2D eigenvalue weighted by Gasteiger charge is -2.41. The number of rotatable bonds is 4. The van der Waals surface area contributed by atoms with Crippen LogP contribution in [0.15, 0.2) is 0 Å². The topological polar surface area (TPSA) is 98.8 Å². The van der Waals surface area contributed by atoms with Crippen molar-refractivity contribution in [1.29, 1.82) is 0 Å². The van der Waals surface area contributed by atoms with Crippen molar-refractivity contribution < 1.29 is 32.3 Å². The Morgan fingerprint density at radius 2 is 1.72 bits per heavy atom. The molecule has 0 bridgehead atoms. The van der Waals surface area contributed by atoms with Gasteiger partial charge in [-0.05, 0) is 20.3 Å². The van der Waals surface area contributed by atoms with Crippen molar-refractivity contribution >= 4 is 29.6 Å². The number of amides is 2. The number of piperidine rings is 1. The monoisotopic (exact) mass is 452 g/mol. The molecule has 11 heteroatoms. The van der Waals surface area contributed by atoms with E-state index in [0.717, 1.165) is 0 Å². The number of anilines is 1. The molecule has 2 fully saturated rings. The number of hydrogen-bond acceptors (Lipinski definition) is 7. The zero-order valence-electron chi connectivity index (χ0n) is 17.6. The highest BCUT2D eigenvalue weighted by Crippen LogP contribution is 2.45. The molecule has 4 unspecified atom stereocenters. The first-order valence-corrected chi connectivity index (χ1v) is 10.4. The lowest BCUT2D eigenvalue weighted by Crippen LogP contribution is -2.56. The summed E-state index contributed by atoms with van der Waals surface area (Å²) < 4.78 is 46.3. The molecule has 1 aromatic rings. The molecule has 0 aliphatic carbocycles. The standard InChI is InChI=1S/C21H23F3N4O4/c1-9-5-25-6-10(2)28(9)20-17(23)15-11(16(22)18(20)24)7-27(19(15)13(30)8-29)12-3-4-14(31)26-21(12)32/h8-10,12,19,25H,3-7H2,1-2H3,(H,26,31,32). The Morgan fingerprint density at radius 3 is 2.31 bits per heavy atom. The number of benzene rings is 1. The summed E-state index contributed by atoms with van der Waals surface area (Å²) in [6.07, 6.45) is -0.0491. The van der Waals surface area contributed by atoms with Gasteiger partial charge in [0.1, 0.15) is 11.7 Å². The van der Waals surface area contributed by atoms with E-state index in [1.54, 1.807) is 13.8 Å². The van der Waals surface area contributed by atoms with Gasteiger partial charge in [0.05, 0.1) is 6.04 Å². The summed E-state index contributed by atoms with van der Waals surface area (Å²) >= 11 is 0. The van der Waals surface area contributed by atoms with Crippen molar-refractivity contribution in [2.24, 2.45) is 0 Å². The van der Waals surface area contributed by atoms with Gasteiger partial charge in [0.2, 0.25) is 17.6 Å². The SMILES string of the molecule is CC1CNCC(C)N1c1c(F)c(F)c2c(c1F)C(C(=O)C=O)N(C1CCC(=O)NC1=O)C2. The number of hydrogen-bond donors (Lipinski definition) is 2. The van der Waals surface area contributed by atoms with Gasteiger partial charge in [-0.1, -0.05) is 0 Å². The Hall–Kier alpha value is -2.79. The highest BCUT2D eigenvalue weighted by Gasteiger charge is 2.48. The van der Waals surface area contributed by atoms with Crippen LogP contribution < -0.4 is 15.5 Å². The molecule has 2 amide bonds. The molecule has 32 heavy (non-hydrogen) atoms. The van der Waals surface area contributed by atoms with Crippen molar-refractivity contribution in [3.63, 3.8) is 0 Å². The fraction of sp³-hybridized carbons (Fsp3) is 0.524. The van der Waals surface area contributed by atoms with Gasteiger partial charge in [-0.3, -0.25) is 29.4 Å². The van der Waals surface area contributed by atoms with Crippen LogP contribution in [0.25, 0.3) is 0 Å². The number of nitrogens with zero attached hydrogens (tertiary/aromatic N) is 2. The summed E-state index contributed by atoms with van der Waals surface area (Å²) in [6, 6.07) is -3.40. The summed E-state index contributed by atoms with van der Waals surface area (Å²) in [5.74, 6) is -6.12. The van der Waals surface area contributed by atoms with E-state index in [1.807, 2.05) is 0 Å². The molecule has 1 aromatic carbocycles. The molecular weight excluding hydrogens is 429 g/mol. The van der Waals surface area contributed by atoms with Gasteiger partial charge in [-0.2, -0.15) is 0 Å². The maximum atomic E-state index is 15.9. The van der Waals surface area contributed by atoms with Gasteiger partial charge < -0.3 is 10.2 Å². The van der Waals surface area contributed by atoms with E-state index in [2.05, 4.69) is 10.6 Å². The second-order valence-electron chi connectivity index (χ2n) is 8.51. The van der Waals surface area contributed by atoms with Gasteiger partial charge in [0, 0.05) is 49.3 Å². The molecule has 0 radical (unpaired) electrons. The molecule has 3 heterocycles. The van der Waals surface area contributed by atoms with E-state index in [1.165, 1.54) is 9.80 Å². The van der Waals surface area contributed by atoms with Crippen LogP contribution in [-0.4, -0.2) is 60.0 Å². The number of nitrogens with one attached hydrogen (secondary N) is 2. The van der Waals surface area contributed by atoms with Gasteiger partial charge in [-0.15, -0.1) is 0 Å². The van der Waals surface area contributed by atoms with Crippen molar-refractivity contribution in [3.05, 3.63) is 28.6 Å². The van der Waals surface area contributed by atoms with Gasteiger partial charge >= 0.3 is 0 Å². The molecular formula is C21H23F3N4O4. The average molecular weight is 452 g/mol. The zero-order valence-corrected chi connectivity index (χ0v) is 17.6. The van der Waals surface area contributed by atoms with Crippen LogP contribution in [0.4, 0.5) is 18.9 Å². The van der Waals surface area contributed by atoms with Gasteiger partial charge in [-0.25, -0.2) is 13.2 Å². The van der Waals surface area contributed by atoms with Crippen LogP contribution in [0.1, 0.15) is 43.9 Å². The van der Waals surface area contributed by atoms with E-state index in [-0.39, 0.29) is 31.2 Å². The summed E-state index contributed by atoms with van der Waals surface area (Å²) in [5, 5.41) is 5.25. The van der Waals surface area contributed by atoms with Crippen molar-refractivity contribution in [3.8, 4) is 0 Å². The molecule has 8 nitrogen and oxygen atoms in total. The van der Waals surface area contributed by atoms with E-state index < -0.39 is 70.5 Å². The second-order valence-corrected chi connectivity index (χ2v) is 8.51. The number of Topliss-reactive ketones (excluding diaryl/α,β-unsaturated/α-hetero) is 1. The zero-order chi connectivity index (χ0) is 23.3. The summed E-state index contributed by atoms with van der Waals surface area (Å²) in [6.45, 7) is 3.85. The maximum Gasteiger partial charge on any atom is 0.243 e. The fourth-order valence-corrected chi connectivity index (χ4v) is 5.05. The Kier molecular flexibility index (Phi) is 5.80. The maximum absolute atomic E-state index is 15.9. The lowest BCUT2D eigenvalue weighted by molar-refractivity contribution is -0.141. The Labute approximate surface area is 182 Å². The molecule has 4 atom stereocenters. The number of fused-ring (bicyclic) bond motifs is 1. The Morgan fingerprint density at radius 1 is 1.06 bits per heavy atom. The smallest absolute Gasteiger partial charge is 0.243 e. The highest BCUT2D eigenvalue weighted by atomic mass is 19.2. The van der Waals surface area contributed by atoms with Crippen molar-refractivity contribution in [1.82, 2.24) is 15.5 Å². The molecule has 0 aromatic heterocycles. The number of piperazine rings is 1. The van der Waals surface area contributed by atoms with Crippen LogP contribution in [0.2, 0.25) is 0 Å². The molecule has 172 valence electrons. The first kappa shape index (κ1) is 22.4. The number of imide groups is 1. The summed E-state index contributed by atoms with van der Waals surface area (Å²) in [5.41, 5.74) is -1.42. The Bertz CT molecular complexity index is 1010. The van der Waals surface area contributed by atoms with E-state index in [9.17, 15) is 19.2 Å².